The Labute approximate surface area is 152 Å². The largest absolute Gasteiger partial charge is 0.386 e. The van der Waals surface area contributed by atoms with E-state index in [1.54, 1.807) is 36.4 Å². The van der Waals surface area contributed by atoms with Gasteiger partial charge in [0, 0.05) is 25.3 Å². The van der Waals surface area contributed by atoms with E-state index in [-0.39, 0.29) is 19.0 Å². The van der Waals surface area contributed by atoms with Crippen LogP contribution in [0.15, 0.2) is 48.5 Å². The number of ether oxygens (including phenoxy) is 3. The van der Waals surface area contributed by atoms with Gasteiger partial charge in [-0.3, -0.25) is 9.59 Å². The summed E-state index contributed by atoms with van der Waals surface area (Å²) < 4.78 is 14.9. The van der Waals surface area contributed by atoms with Crippen molar-refractivity contribution in [2.45, 2.75) is 12.7 Å². The molecule has 0 aliphatic rings. The van der Waals surface area contributed by atoms with Crippen molar-refractivity contribution in [1.82, 2.24) is 0 Å². The lowest BCUT2D eigenvalue weighted by Crippen LogP contribution is -2.15. The van der Waals surface area contributed by atoms with Crippen LogP contribution in [0.3, 0.4) is 0 Å². The highest BCUT2D eigenvalue weighted by molar-refractivity contribution is 6.49. The lowest BCUT2D eigenvalue weighted by Gasteiger charge is -2.10. The quantitative estimate of drug-likeness (QED) is 0.304. The van der Waals surface area contributed by atoms with Gasteiger partial charge in [0.15, 0.2) is 0 Å². The molecular formula is C20H22O6. The first-order valence-electron chi connectivity index (χ1n) is 8.08. The third-order valence-electron chi connectivity index (χ3n) is 3.77. The fourth-order valence-electron chi connectivity index (χ4n) is 2.37. The van der Waals surface area contributed by atoms with E-state index in [1.807, 2.05) is 0 Å². The van der Waals surface area contributed by atoms with Crippen LogP contribution in [0.25, 0.3) is 0 Å². The van der Waals surface area contributed by atoms with Gasteiger partial charge in [0.25, 0.3) is 0 Å². The molecule has 2 aromatic rings. The summed E-state index contributed by atoms with van der Waals surface area (Å²) in [5, 5.41) is 9.85. The summed E-state index contributed by atoms with van der Waals surface area (Å²) in [5.41, 5.74) is 2.09. The first-order chi connectivity index (χ1) is 12.6. The maximum absolute atomic E-state index is 12.4. The number of aliphatic hydroxyl groups excluding tert-OH is 1. The van der Waals surface area contributed by atoms with Crippen LogP contribution in [0.1, 0.15) is 37.9 Å². The van der Waals surface area contributed by atoms with E-state index >= 15 is 0 Å². The molecule has 0 aliphatic carbocycles. The highest BCUT2D eigenvalue weighted by atomic mass is 16.7. The minimum absolute atomic E-state index is 0.159. The Morgan fingerprint density at radius 2 is 1.42 bits per heavy atom. The second-order valence-electron chi connectivity index (χ2n) is 5.70. The molecule has 0 radical (unpaired) electrons. The molecule has 2 rings (SSSR count). The van der Waals surface area contributed by atoms with Crippen LogP contribution in [-0.4, -0.2) is 44.3 Å². The summed E-state index contributed by atoms with van der Waals surface area (Å²) >= 11 is 0. The second-order valence-corrected chi connectivity index (χ2v) is 5.70. The zero-order valence-electron chi connectivity index (χ0n) is 14.8. The standard InChI is InChI=1S/C20H22O6/c1-24-12-18(21)15-7-9-17(10-8-15)20(23)19(22)16-5-3-14(4-6-16)11-26-13-25-2/h3-10,18,21H,11-13H2,1-2H3. The van der Waals surface area contributed by atoms with Gasteiger partial charge in [-0.2, -0.15) is 0 Å². The predicted molar refractivity (Wildman–Crippen MR) is 95.0 cm³/mol. The number of carbonyl (C=O) groups excluding carboxylic acids is 2. The van der Waals surface area contributed by atoms with Crippen molar-refractivity contribution in [2.75, 3.05) is 27.6 Å². The molecule has 6 heteroatoms. The maximum Gasteiger partial charge on any atom is 0.233 e. The van der Waals surface area contributed by atoms with Crippen molar-refractivity contribution in [3.05, 3.63) is 70.8 Å². The van der Waals surface area contributed by atoms with Crippen molar-refractivity contribution in [3.63, 3.8) is 0 Å². The number of carbonyl (C=O) groups is 2. The van der Waals surface area contributed by atoms with E-state index in [0.717, 1.165) is 5.56 Å². The molecular weight excluding hydrogens is 336 g/mol. The third kappa shape index (κ3) is 5.31. The van der Waals surface area contributed by atoms with Crippen LogP contribution in [0.5, 0.6) is 0 Å². The van der Waals surface area contributed by atoms with Crippen LogP contribution >= 0.6 is 0 Å². The Morgan fingerprint density at radius 1 is 0.885 bits per heavy atom. The first-order valence-corrected chi connectivity index (χ1v) is 8.08. The molecule has 0 heterocycles. The average Bonchev–Trinajstić information content (AvgIpc) is 2.68. The molecule has 0 aromatic heterocycles. The lowest BCUT2D eigenvalue weighted by atomic mass is 9.99. The molecule has 0 spiro atoms. The monoisotopic (exact) mass is 358 g/mol. The molecule has 1 atom stereocenters. The third-order valence-corrected chi connectivity index (χ3v) is 3.77. The smallest absolute Gasteiger partial charge is 0.233 e. The fraction of sp³-hybridized carbons (Fsp3) is 0.300. The molecule has 0 amide bonds. The summed E-state index contributed by atoms with van der Waals surface area (Å²) in [4.78, 5) is 24.7. The van der Waals surface area contributed by atoms with Gasteiger partial charge < -0.3 is 19.3 Å². The number of hydrogen-bond acceptors (Lipinski definition) is 6. The molecule has 0 saturated carbocycles. The Morgan fingerprint density at radius 3 is 1.92 bits per heavy atom. The molecule has 0 aliphatic heterocycles. The summed E-state index contributed by atoms with van der Waals surface area (Å²) in [5.74, 6) is -1.18. The summed E-state index contributed by atoms with van der Waals surface area (Å²) in [6, 6.07) is 13.0. The molecule has 26 heavy (non-hydrogen) atoms. The zero-order valence-corrected chi connectivity index (χ0v) is 14.8. The number of ketones is 2. The topological polar surface area (TPSA) is 82.1 Å². The Bertz CT molecular complexity index is 721. The Hall–Kier alpha value is -2.38. The fourth-order valence-corrected chi connectivity index (χ4v) is 2.37. The van der Waals surface area contributed by atoms with Crippen LogP contribution < -0.4 is 0 Å². The highest BCUT2D eigenvalue weighted by Gasteiger charge is 2.18. The van der Waals surface area contributed by atoms with E-state index in [4.69, 9.17) is 14.2 Å². The summed E-state index contributed by atoms with van der Waals surface area (Å²) in [6.07, 6.45) is -0.771. The van der Waals surface area contributed by atoms with Crippen molar-refractivity contribution in [2.24, 2.45) is 0 Å². The van der Waals surface area contributed by atoms with Gasteiger partial charge in [-0.15, -0.1) is 0 Å². The molecule has 1 unspecified atom stereocenters. The molecule has 1 N–H and O–H groups in total. The van der Waals surface area contributed by atoms with Crippen LogP contribution in [0.4, 0.5) is 0 Å². The van der Waals surface area contributed by atoms with Gasteiger partial charge >= 0.3 is 0 Å². The zero-order chi connectivity index (χ0) is 18.9. The van der Waals surface area contributed by atoms with E-state index in [9.17, 15) is 14.7 Å². The molecule has 2 aromatic carbocycles. The SMILES string of the molecule is COCOCc1ccc(C(=O)C(=O)c2ccc(C(O)COC)cc2)cc1. The van der Waals surface area contributed by atoms with E-state index in [1.165, 1.54) is 26.4 Å². The van der Waals surface area contributed by atoms with Crippen LogP contribution in [-0.2, 0) is 20.8 Å². The molecule has 138 valence electrons. The Kier molecular flexibility index (Phi) is 7.62. The summed E-state index contributed by atoms with van der Waals surface area (Å²) in [7, 11) is 3.03. The van der Waals surface area contributed by atoms with Crippen molar-refractivity contribution in [3.8, 4) is 0 Å². The van der Waals surface area contributed by atoms with E-state index in [0.29, 0.717) is 17.7 Å². The van der Waals surface area contributed by atoms with Gasteiger partial charge in [0.05, 0.1) is 13.2 Å². The molecule has 0 bridgehead atoms. The minimum Gasteiger partial charge on any atom is -0.386 e. The molecule has 6 nitrogen and oxygen atoms in total. The molecule has 0 fully saturated rings. The lowest BCUT2D eigenvalue weighted by molar-refractivity contribution is -0.0390. The predicted octanol–water partition coefficient (Wildman–Crippen LogP) is 2.55. The van der Waals surface area contributed by atoms with E-state index < -0.39 is 17.7 Å². The van der Waals surface area contributed by atoms with Crippen molar-refractivity contribution >= 4 is 11.6 Å². The minimum atomic E-state index is -0.771. The number of methoxy groups -OCH3 is 2. The Balaban J connectivity index is 2.03. The van der Waals surface area contributed by atoms with E-state index in [2.05, 4.69) is 0 Å². The summed E-state index contributed by atoms with van der Waals surface area (Å²) in [6.45, 7) is 0.711. The number of hydrogen-bond donors (Lipinski definition) is 1. The second kappa shape index (κ2) is 9.94. The number of aliphatic hydroxyl groups is 1. The highest BCUT2D eigenvalue weighted by Crippen LogP contribution is 2.16. The van der Waals surface area contributed by atoms with Gasteiger partial charge in [0.2, 0.25) is 11.6 Å². The molecule has 0 saturated heterocycles. The van der Waals surface area contributed by atoms with Gasteiger partial charge in [-0.05, 0) is 11.1 Å². The average molecular weight is 358 g/mol. The number of rotatable bonds is 10. The normalized spacial score (nSPS) is 12.0. The van der Waals surface area contributed by atoms with Gasteiger partial charge in [0.1, 0.15) is 12.9 Å². The van der Waals surface area contributed by atoms with Crippen LogP contribution in [0, 0.1) is 0 Å². The van der Waals surface area contributed by atoms with Gasteiger partial charge in [-0.1, -0.05) is 48.5 Å². The number of benzene rings is 2. The van der Waals surface area contributed by atoms with Crippen LogP contribution in [0.2, 0.25) is 0 Å². The van der Waals surface area contributed by atoms with Crippen molar-refractivity contribution in [1.29, 1.82) is 0 Å². The number of Topliss-reactive ketones (excluding diaryl/α,β-unsaturated/α-hetero) is 2. The van der Waals surface area contributed by atoms with Gasteiger partial charge in [-0.25, -0.2) is 0 Å². The maximum atomic E-state index is 12.4. The van der Waals surface area contributed by atoms with Crippen molar-refractivity contribution < 1.29 is 28.9 Å². The first kappa shape index (κ1) is 19.9.